The van der Waals surface area contributed by atoms with Crippen LogP contribution in [0.1, 0.15) is 56.9 Å². The number of hydrogen-bond acceptors (Lipinski definition) is 6. The largest absolute Gasteiger partial charge is 0.444 e. The van der Waals surface area contributed by atoms with Crippen LogP contribution in [0.5, 0.6) is 0 Å². The number of Topliss-reactive ketones (excluding diaryl/α,β-unsaturated/α-hetero) is 1. The third-order valence-electron chi connectivity index (χ3n) is 4.15. The zero-order valence-corrected chi connectivity index (χ0v) is 15.9. The standard InChI is InChI=1S/C19H29N3O4/c1-19(2,3)26-18(24)22-10-4-6-15(13-22)7-5-11-25-14-17(23)16-12-20-8-9-21-16/h8-9,12,15H,4-7,10-11,13-14H2,1-3H3/t15-/m0/s1. The number of nitrogens with zero attached hydrogens (tertiary/aromatic N) is 3. The first-order valence-corrected chi connectivity index (χ1v) is 9.20. The van der Waals surface area contributed by atoms with Gasteiger partial charge in [0.1, 0.15) is 17.9 Å². The van der Waals surface area contributed by atoms with Crippen molar-refractivity contribution in [3.8, 4) is 0 Å². The minimum Gasteiger partial charge on any atom is -0.444 e. The van der Waals surface area contributed by atoms with Crippen LogP contribution in [0.15, 0.2) is 18.6 Å². The summed E-state index contributed by atoms with van der Waals surface area (Å²) in [5.74, 6) is 0.294. The van der Waals surface area contributed by atoms with Crippen LogP contribution in [0.3, 0.4) is 0 Å². The highest BCUT2D eigenvalue weighted by Crippen LogP contribution is 2.22. The van der Waals surface area contributed by atoms with Crippen molar-refractivity contribution in [1.29, 1.82) is 0 Å². The number of carbonyl (C=O) groups excluding carboxylic acids is 2. The zero-order valence-electron chi connectivity index (χ0n) is 15.9. The second-order valence-electron chi connectivity index (χ2n) is 7.64. The number of amides is 1. The molecule has 7 nitrogen and oxygen atoms in total. The molecule has 144 valence electrons. The van der Waals surface area contributed by atoms with Gasteiger partial charge in [-0.1, -0.05) is 0 Å². The molecule has 1 amide bonds. The first-order chi connectivity index (χ1) is 12.3. The van der Waals surface area contributed by atoms with Crippen LogP contribution in [-0.4, -0.2) is 58.6 Å². The second-order valence-corrected chi connectivity index (χ2v) is 7.64. The van der Waals surface area contributed by atoms with E-state index in [9.17, 15) is 9.59 Å². The molecular weight excluding hydrogens is 334 g/mol. The summed E-state index contributed by atoms with van der Waals surface area (Å²) in [7, 11) is 0. The van der Waals surface area contributed by atoms with Crippen molar-refractivity contribution in [1.82, 2.24) is 14.9 Å². The van der Waals surface area contributed by atoms with Gasteiger partial charge >= 0.3 is 6.09 Å². The molecule has 1 aromatic heterocycles. The van der Waals surface area contributed by atoms with Gasteiger partial charge in [-0.2, -0.15) is 0 Å². The molecule has 1 atom stereocenters. The summed E-state index contributed by atoms with van der Waals surface area (Å²) in [6, 6.07) is 0. The average molecular weight is 363 g/mol. The highest BCUT2D eigenvalue weighted by atomic mass is 16.6. The van der Waals surface area contributed by atoms with Gasteiger partial charge in [-0.15, -0.1) is 0 Å². The number of hydrogen-bond donors (Lipinski definition) is 0. The third-order valence-corrected chi connectivity index (χ3v) is 4.15. The van der Waals surface area contributed by atoms with E-state index in [0.717, 1.165) is 38.8 Å². The van der Waals surface area contributed by atoms with Crippen molar-refractivity contribution in [2.24, 2.45) is 5.92 Å². The van der Waals surface area contributed by atoms with Crippen molar-refractivity contribution >= 4 is 11.9 Å². The Kier molecular flexibility index (Phi) is 7.50. The molecule has 0 N–H and O–H groups in total. The fourth-order valence-corrected chi connectivity index (χ4v) is 2.95. The number of likely N-dealkylation sites (tertiary alicyclic amines) is 1. The predicted molar refractivity (Wildman–Crippen MR) is 96.9 cm³/mol. The Morgan fingerprint density at radius 3 is 2.81 bits per heavy atom. The van der Waals surface area contributed by atoms with Gasteiger partial charge in [-0.25, -0.2) is 9.78 Å². The van der Waals surface area contributed by atoms with Gasteiger partial charge in [-0.05, 0) is 52.4 Å². The fourth-order valence-electron chi connectivity index (χ4n) is 2.95. The smallest absolute Gasteiger partial charge is 0.410 e. The molecule has 0 bridgehead atoms. The van der Waals surface area contributed by atoms with E-state index in [-0.39, 0.29) is 18.5 Å². The van der Waals surface area contributed by atoms with Gasteiger partial charge in [-0.3, -0.25) is 9.78 Å². The Morgan fingerprint density at radius 2 is 2.12 bits per heavy atom. The number of ketones is 1. The number of rotatable bonds is 7. The lowest BCUT2D eigenvalue weighted by Gasteiger charge is -2.34. The van der Waals surface area contributed by atoms with E-state index in [4.69, 9.17) is 9.47 Å². The molecule has 1 saturated heterocycles. The van der Waals surface area contributed by atoms with Gasteiger partial charge in [0.2, 0.25) is 5.78 Å². The van der Waals surface area contributed by atoms with E-state index in [1.54, 1.807) is 4.90 Å². The topological polar surface area (TPSA) is 81.6 Å². The molecule has 1 aliphatic heterocycles. The van der Waals surface area contributed by atoms with Crippen molar-refractivity contribution in [3.63, 3.8) is 0 Å². The Bertz CT molecular complexity index is 586. The lowest BCUT2D eigenvalue weighted by molar-refractivity contribution is 0.0155. The predicted octanol–water partition coefficient (Wildman–Crippen LogP) is 3.10. The van der Waals surface area contributed by atoms with E-state index >= 15 is 0 Å². The summed E-state index contributed by atoms with van der Waals surface area (Å²) >= 11 is 0. The average Bonchev–Trinajstić information content (AvgIpc) is 2.61. The van der Waals surface area contributed by atoms with Crippen LogP contribution >= 0.6 is 0 Å². The van der Waals surface area contributed by atoms with Crippen LogP contribution in [0.4, 0.5) is 4.79 Å². The number of piperidine rings is 1. The van der Waals surface area contributed by atoms with Crippen LogP contribution < -0.4 is 0 Å². The van der Waals surface area contributed by atoms with Gasteiger partial charge in [0.15, 0.2) is 0 Å². The summed E-state index contributed by atoms with van der Waals surface area (Å²) in [6.07, 6.45) is 8.18. The monoisotopic (exact) mass is 363 g/mol. The fraction of sp³-hybridized carbons (Fsp3) is 0.684. The van der Waals surface area contributed by atoms with E-state index in [1.165, 1.54) is 18.6 Å². The molecule has 2 rings (SSSR count). The second kappa shape index (κ2) is 9.62. The van der Waals surface area contributed by atoms with E-state index in [0.29, 0.717) is 18.2 Å². The molecule has 0 radical (unpaired) electrons. The molecule has 0 unspecified atom stereocenters. The Labute approximate surface area is 155 Å². The highest BCUT2D eigenvalue weighted by Gasteiger charge is 2.27. The van der Waals surface area contributed by atoms with Crippen LogP contribution in [0, 0.1) is 5.92 Å². The van der Waals surface area contributed by atoms with E-state index in [1.807, 2.05) is 20.8 Å². The first-order valence-electron chi connectivity index (χ1n) is 9.20. The van der Waals surface area contributed by atoms with Crippen molar-refractivity contribution in [2.45, 2.75) is 52.1 Å². The molecule has 1 aliphatic rings. The van der Waals surface area contributed by atoms with Crippen molar-refractivity contribution in [2.75, 3.05) is 26.3 Å². The third kappa shape index (κ3) is 7.07. The maximum Gasteiger partial charge on any atom is 0.410 e. The van der Waals surface area contributed by atoms with Gasteiger partial charge in [0.05, 0.1) is 6.20 Å². The summed E-state index contributed by atoms with van der Waals surface area (Å²) in [5, 5.41) is 0. The van der Waals surface area contributed by atoms with E-state index in [2.05, 4.69) is 9.97 Å². The lowest BCUT2D eigenvalue weighted by Crippen LogP contribution is -2.42. The molecule has 0 aromatic carbocycles. The molecule has 0 saturated carbocycles. The zero-order chi connectivity index (χ0) is 19.0. The first kappa shape index (κ1) is 20.3. The van der Waals surface area contributed by atoms with Gasteiger partial charge < -0.3 is 14.4 Å². The maximum absolute atomic E-state index is 12.2. The summed E-state index contributed by atoms with van der Waals surface area (Å²) in [4.78, 5) is 33.7. The Hall–Kier alpha value is -2.02. The molecule has 1 fully saturated rings. The molecular formula is C19H29N3O4. The SMILES string of the molecule is CC(C)(C)OC(=O)N1CCC[C@@H](CCCOCC(=O)c2cnccn2)C1. The molecule has 2 heterocycles. The van der Waals surface area contributed by atoms with Crippen LogP contribution in [0.25, 0.3) is 0 Å². The Morgan fingerprint density at radius 1 is 1.31 bits per heavy atom. The normalized spacial score (nSPS) is 17.8. The molecule has 0 spiro atoms. The van der Waals surface area contributed by atoms with Gasteiger partial charge in [0.25, 0.3) is 0 Å². The number of carbonyl (C=O) groups is 2. The maximum atomic E-state index is 12.2. The molecule has 7 heteroatoms. The number of ether oxygens (including phenoxy) is 2. The van der Waals surface area contributed by atoms with Crippen LogP contribution in [-0.2, 0) is 9.47 Å². The summed E-state index contributed by atoms with van der Waals surface area (Å²) < 4.78 is 10.9. The lowest BCUT2D eigenvalue weighted by atomic mass is 9.94. The molecule has 26 heavy (non-hydrogen) atoms. The highest BCUT2D eigenvalue weighted by molar-refractivity contribution is 5.94. The minimum absolute atomic E-state index is 0.0212. The van der Waals surface area contributed by atoms with Gasteiger partial charge in [0, 0.05) is 32.1 Å². The molecule has 0 aliphatic carbocycles. The van der Waals surface area contributed by atoms with Crippen molar-refractivity contribution in [3.05, 3.63) is 24.3 Å². The summed E-state index contributed by atoms with van der Waals surface area (Å²) in [6.45, 7) is 7.67. The number of aromatic nitrogens is 2. The van der Waals surface area contributed by atoms with Crippen molar-refractivity contribution < 1.29 is 19.1 Å². The molecule has 1 aromatic rings. The summed E-state index contributed by atoms with van der Waals surface area (Å²) in [5.41, 5.74) is -0.138. The van der Waals surface area contributed by atoms with E-state index < -0.39 is 5.60 Å². The minimum atomic E-state index is -0.465. The quantitative estimate of drug-likeness (QED) is 0.547. The van der Waals surface area contributed by atoms with Crippen LogP contribution in [0.2, 0.25) is 0 Å². The Balaban J connectivity index is 1.63.